The van der Waals surface area contributed by atoms with Gasteiger partial charge < -0.3 is 15.2 Å². The van der Waals surface area contributed by atoms with Crippen LogP contribution >= 0.6 is 0 Å². The summed E-state index contributed by atoms with van der Waals surface area (Å²) < 4.78 is 43.9. The Kier molecular flexibility index (Phi) is 6.26. The van der Waals surface area contributed by atoms with E-state index in [9.17, 15) is 18.0 Å². The van der Waals surface area contributed by atoms with Gasteiger partial charge in [-0.25, -0.2) is 0 Å². The Morgan fingerprint density at radius 1 is 1.40 bits per heavy atom. The van der Waals surface area contributed by atoms with Gasteiger partial charge in [0.2, 0.25) is 0 Å². The van der Waals surface area contributed by atoms with E-state index in [1.54, 1.807) is 0 Å². The maximum absolute atomic E-state index is 11.6. The van der Waals surface area contributed by atoms with Crippen LogP contribution in [0.3, 0.4) is 0 Å². The zero-order chi connectivity index (χ0) is 11.9. The number of ether oxygens (including phenoxy) is 2. The molecule has 0 amide bonds. The molecule has 0 radical (unpaired) electrons. The first-order valence-electron chi connectivity index (χ1n) is 4.34. The third-order valence-electron chi connectivity index (χ3n) is 1.61. The highest BCUT2D eigenvalue weighted by Gasteiger charge is 2.26. The third-order valence-corrected chi connectivity index (χ3v) is 1.61. The van der Waals surface area contributed by atoms with Crippen LogP contribution in [0.4, 0.5) is 13.2 Å². The van der Waals surface area contributed by atoms with E-state index in [1.807, 2.05) is 0 Å². The smallest absolute Gasteiger partial charge is 0.391 e. The van der Waals surface area contributed by atoms with E-state index in [4.69, 9.17) is 5.73 Å². The van der Waals surface area contributed by atoms with Gasteiger partial charge in [0, 0.05) is 6.61 Å². The Morgan fingerprint density at radius 2 is 2.00 bits per heavy atom. The van der Waals surface area contributed by atoms with Crippen molar-refractivity contribution < 1.29 is 27.4 Å². The number of nitrogens with two attached hydrogens (primary N) is 1. The highest BCUT2D eigenvalue weighted by Crippen LogP contribution is 2.18. The zero-order valence-corrected chi connectivity index (χ0v) is 8.34. The predicted molar refractivity (Wildman–Crippen MR) is 46.1 cm³/mol. The lowest BCUT2D eigenvalue weighted by Crippen LogP contribution is -2.32. The molecule has 0 rings (SSSR count). The Labute approximate surface area is 85.5 Å². The predicted octanol–water partition coefficient (Wildman–Crippen LogP) is 0.846. The summed E-state index contributed by atoms with van der Waals surface area (Å²) >= 11 is 0. The number of rotatable bonds is 6. The van der Waals surface area contributed by atoms with Crippen molar-refractivity contribution in [1.29, 1.82) is 0 Å². The Hall–Kier alpha value is -0.820. The van der Waals surface area contributed by atoms with E-state index in [2.05, 4.69) is 9.47 Å². The van der Waals surface area contributed by atoms with E-state index in [-0.39, 0.29) is 13.0 Å². The van der Waals surface area contributed by atoms with Gasteiger partial charge in [-0.2, -0.15) is 13.2 Å². The van der Waals surface area contributed by atoms with Crippen molar-refractivity contribution in [3.05, 3.63) is 0 Å². The topological polar surface area (TPSA) is 61.5 Å². The lowest BCUT2D eigenvalue weighted by molar-refractivity contribution is -0.147. The summed E-state index contributed by atoms with van der Waals surface area (Å²) in [5.41, 5.74) is 5.32. The highest BCUT2D eigenvalue weighted by molar-refractivity contribution is 5.75. The fourth-order valence-corrected chi connectivity index (χ4v) is 0.769. The molecule has 1 atom stereocenters. The average molecular weight is 229 g/mol. The van der Waals surface area contributed by atoms with Crippen molar-refractivity contribution in [3.8, 4) is 0 Å². The average Bonchev–Trinajstić information content (AvgIpc) is 2.14. The molecular weight excluding hydrogens is 215 g/mol. The third kappa shape index (κ3) is 8.19. The molecule has 2 N–H and O–H groups in total. The van der Waals surface area contributed by atoms with E-state index in [0.29, 0.717) is 0 Å². The maximum Gasteiger partial charge on any atom is 0.391 e. The van der Waals surface area contributed by atoms with Gasteiger partial charge in [0.15, 0.2) is 0 Å². The number of halogens is 3. The zero-order valence-electron chi connectivity index (χ0n) is 8.34. The van der Waals surface area contributed by atoms with Crippen LogP contribution in [0.2, 0.25) is 0 Å². The van der Waals surface area contributed by atoms with Gasteiger partial charge in [-0.1, -0.05) is 0 Å². The molecule has 0 heterocycles. The van der Waals surface area contributed by atoms with Gasteiger partial charge in [-0.05, 0) is 6.42 Å². The van der Waals surface area contributed by atoms with Crippen molar-refractivity contribution >= 4 is 5.97 Å². The number of alkyl halides is 3. The maximum atomic E-state index is 11.6. The summed E-state index contributed by atoms with van der Waals surface area (Å²) in [6.07, 6.45) is -5.07. The fraction of sp³-hybridized carbons (Fsp3) is 0.875. The molecule has 0 aliphatic rings. The number of hydrogen-bond donors (Lipinski definition) is 1. The van der Waals surface area contributed by atoms with Crippen LogP contribution in [0.5, 0.6) is 0 Å². The van der Waals surface area contributed by atoms with Gasteiger partial charge >= 0.3 is 12.1 Å². The molecule has 0 fully saturated rings. The van der Waals surface area contributed by atoms with Crippen LogP contribution in [0, 0.1) is 0 Å². The molecule has 0 aromatic rings. The Morgan fingerprint density at radius 3 is 2.47 bits per heavy atom. The molecule has 0 aromatic carbocycles. The van der Waals surface area contributed by atoms with E-state index >= 15 is 0 Å². The fourth-order valence-electron chi connectivity index (χ4n) is 0.769. The van der Waals surface area contributed by atoms with Gasteiger partial charge in [0.25, 0.3) is 0 Å². The second-order valence-electron chi connectivity index (χ2n) is 2.90. The molecule has 1 unspecified atom stereocenters. The molecule has 0 spiro atoms. The molecule has 0 saturated carbocycles. The molecular formula is C8H14F3NO3. The Balaban J connectivity index is 3.43. The first-order valence-corrected chi connectivity index (χ1v) is 4.34. The van der Waals surface area contributed by atoms with Gasteiger partial charge in [-0.15, -0.1) is 0 Å². The van der Waals surface area contributed by atoms with E-state index in [0.717, 1.165) is 0 Å². The molecule has 90 valence electrons. The summed E-state index contributed by atoms with van der Waals surface area (Å²) in [5, 5.41) is 0. The molecule has 15 heavy (non-hydrogen) atoms. The molecule has 4 nitrogen and oxygen atoms in total. The van der Waals surface area contributed by atoms with Crippen molar-refractivity contribution in [2.45, 2.75) is 25.1 Å². The van der Waals surface area contributed by atoms with Gasteiger partial charge in [0.1, 0.15) is 6.04 Å². The van der Waals surface area contributed by atoms with E-state index < -0.39 is 31.2 Å². The van der Waals surface area contributed by atoms with Crippen molar-refractivity contribution in [1.82, 2.24) is 0 Å². The molecule has 0 aromatic heterocycles. The number of carbonyl (C=O) groups is 1. The SMILES string of the molecule is COC(=O)C(N)CCOCCC(F)(F)F. The number of esters is 1. The van der Waals surface area contributed by atoms with E-state index in [1.165, 1.54) is 7.11 Å². The standard InChI is InChI=1S/C8H14F3NO3/c1-14-7(13)6(12)2-4-15-5-3-8(9,10)11/h6H,2-5,12H2,1H3. The quantitative estimate of drug-likeness (QED) is 0.541. The van der Waals surface area contributed by atoms with Crippen LogP contribution in [0.1, 0.15) is 12.8 Å². The number of carbonyl (C=O) groups excluding carboxylic acids is 1. The minimum Gasteiger partial charge on any atom is -0.468 e. The first-order chi connectivity index (χ1) is 6.87. The van der Waals surface area contributed by atoms with Crippen LogP contribution in [0.25, 0.3) is 0 Å². The summed E-state index contributed by atoms with van der Waals surface area (Å²) in [6, 6.07) is -0.846. The first kappa shape index (κ1) is 14.2. The van der Waals surface area contributed by atoms with Crippen molar-refractivity contribution in [3.63, 3.8) is 0 Å². The highest BCUT2D eigenvalue weighted by atomic mass is 19.4. The monoisotopic (exact) mass is 229 g/mol. The van der Waals surface area contributed by atoms with Crippen LogP contribution in [-0.4, -0.2) is 38.5 Å². The molecule has 0 aliphatic carbocycles. The summed E-state index contributed by atoms with van der Waals surface area (Å²) in [4.78, 5) is 10.8. The van der Waals surface area contributed by atoms with Crippen molar-refractivity contribution in [2.24, 2.45) is 5.73 Å². The second kappa shape index (κ2) is 6.62. The largest absolute Gasteiger partial charge is 0.468 e. The van der Waals surface area contributed by atoms with Gasteiger partial charge in [-0.3, -0.25) is 4.79 Å². The van der Waals surface area contributed by atoms with Gasteiger partial charge in [0.05, 0.1) is 20.1 Å². The molecule has 0 saturated heterocycles. The normalized spacial score (nSPS) is 13.7. The second-order valence-corrected chi connectivity index (χ2v) is 2.90. The Bertz CT molecular complexity index is 196. The lowest BCUT2D eigenvalue weighted by Gasteiger charge is -2.10. The summed E-state index contributed by atoms with van der Waals surface area (Å²) in [7, 11) is 1.19. The molecule has 7 heteroatoms. The van der Waals surface area contributed by atoms with Crippen molar-refractivity contribution in [2.75, 3.05) is 20.3 Å². The van der Waals surface area contributed by atoms with Crippen LogP contribution in [-0.2, 0) is 14.3 Å². The number of methoxy groups -OCH3 is 1. The lowest BCUT2D eigenvalue weighted by atomic mass is 10.2. The summed E-state index contributed by atoms with van der Waals surface area (Å²) in [5.74, 6) is -0.602. The minimum absolute atomic E-state index is 0.00630. The minimum atomic E-state index is -4.22. The van der Waals surface area contributed by atoms with Crippen LogP contribution in [0.15, 0.2) is 0 Å². The summed E-state index contributed by atoms with van der Waals surface area (Å²) in [6.45, 7) is -0.413. The molecule has 0 aliphatic heterocycles. The molecule has 0 bridgehead atoms. The number of hydrogen-bond acceptors (Lipinski definition) is 4. The van der Waals surface area contributed by atoms with Crippen LogP contribution < -0.4 is 5.73 Å².